The number of rotatable bonds is 2. The average molecular weight is 284 g/mol. The van der Waals surface area contributed by atoms with Crippen molar-refractivity contribution in [1.29, 1.82) is 0 Å². The molecule has 82 valence electrons. The molecule has 0 saturated carbocycles. The first-order chi connectivity index (χ1) is 6.97. The minimum absolute atomic E-state index is 0.217. The summed E-state index contributed by atoms with van der Waals surface area (Å²) in [5, 5.41) is 0. The lowest BCUT2D eigenvalue weighted by atomic mass is 10.2. The Bertz CT molecular complexity index is 374. The molecule has 0 radical (unpaired) electrons. The Morgan fingerprint density at radius 2 is 2.20 bits per heavy atom. The minimum Gasteiger partial charge on any atom is -0.464 e. The smallest absolute Gasteiger partial charge is 0.356 e. The van der Waals surface area contributed by atoms with Crippen molar-refractivity contribution in [3.05, 3.63) is 27.7 Å². The van der Waals surface area contributed by atoms with E-state index in [0.29, 0.717) is 0 Å². The molecule has 15 heavy (non-hydrogen) atoms. The third-order valence-electron chi connectivity index (χ3n) is 1.57. The molecule has 0 amide bonds. The first kappa shape index (κ1) is 12.0. The van der Waals surface area contributed by atoms with E-state index in [1.807, 2.05) is 0 Å². The van der Waals surface area contributed by atoms with Crippen LogP contribution >= 0.6 is 15.9 Å². The van der Waals surface area contributed by atoms with Crippen molar-refractivity contribution in [1.82, 2.24) is 4.98 Å². The summed E-state index contributed by atoms with van der Waals surface area (Å²) in [4.78, 5) is 14.0. The van der Waals surface area contributed by atoms with Gasteiger partial charge in [-0.15, -0.1) is 0 Å². The number of esters is 1. The van der Waals surface area contributed by atoms with Crippen molar-refractivity contribution in [2.24, 2.45) is 0 Å². The summed E-state index contributed by atoms with van der Waals surface area (Å²) < 4.78 is 41.6. The van der Waals surface area contributed by atoms with E-state index in [2.05, 4.69) is 25.7 Å². The number of ether oxygens (including phenoxy) is 1. The highest BCUT2D eigenvalue weighted by molar-refractivity contribution is 9.10. The third-order valence-corrected chi connectivity index (χ3v) is 2.23. The van der Waals surface area contributed by atoms with E-state index in [9.17, 15) is 18.0 Å². The van der Waals surface area contributed by atoms with Gasteiger partial charge in [0.25, 0.3) is 6.43 Å². The average Bonchev–Trinajstić information content (AvgIpc) is 2.14. The van der Waals surface area contributed by atoms with Gasteiger partial charge in [0, 0.05) is 4.47 Å². The predicted molar refractivity (Wildman–Crippen MR) is 48.2 cm³/mol. The molecule has 7 heteroatoms. The molecule has 1 rings (SSSR count). The topological polar surface area (TPSA) is 39.2 Å². The zero-order valence-corrected chi connectivity index (χ0v) is 9.02. The summed E-state index contributed by atoms with van der Waals surface area (Å²) in [5.41, 5.74) is -1.24. The summed E-state index contributed by atoms with van der Waals surface area (Å²) in [7, 11) is 1.08. The lowest BCUT2D eigenvalue weighted by Gasteiger charge is -2.06. The summed E-state index contributed by atoms with van der Waals surface area (Å²) in [6.07, 6.45) is -3.00. The number of nitrogens with zero attached hydrogens (tertiary/aromatic N) is 1. The minimum atomic E-state index is -3.00. The Kier molecular flexibility index (Phi) is 3.67. The normalized spacial score (nSPS) is 10.5. The maximum Gasteiger partial charge on any atom is 0.356 e. The fourth-order valence-electron chi connectivity index (χ4n) is 0.898. The van der Waals surface area contributed by atoms with Crippen molar-refractivity contribution in [2.45, 2.75) is 6.43 Å². The molecule has 1 aromatic rings. The van der Waals surface area contributed by atoms with Gasteiger partial charge in [-0.2, -0.15) is 4.39 Å². The number of carbonyl (C=O) groups excluding carboxylic acids is 1. The Morgan fingerprint density at radius 3 is 2.60 bits per heavy atom. The van der Waals surface area contributed by atoms with Crippen LogP contribution in [0.4, 0.5) is 13.2 Å². The van der Waals surface area contributed by atoms with Crippen molar-refractivity contribution >= 4 is 21.9 Å². The van der Waals surface area contributed by atoms with Crippen LogP contribution < -0.4 is 0 Å². The van der Waals surface area contributed by atoms with E-state index in [4.69, 9.17) is 0 Å². The van der Waals surface area contributed by atoms with Crippen LogP contribution in [0, 0.1) is 5.95 Å². The van der Waals surface area contributed by atoms with Gasteiger partial charge in [-0.25, -0.2) is 18.6 Å². The van der Waals surface area contributed by atoms with E-state index < -0.39 is 23.9 Å². The lowest BCUT2D eigenvalue weighted by Crippen LogP contribution is -2.08. The van der Waals surface area contributed by atoms with Crippen molar-refractivity contribution in [3.8, 4) is 0 Å². The van der Waals surface area contributed by atoms with Crippen LogP contribution in [0.3, 0.4) is 0 Å². The number of carbonyl (C=O) groups is 1. The van der Waals surface area contributed by atoms with Gasteiger partial charge >= 0.3 is 5.97 Å². The zero-order chi connectivity index (χ0) is 11.6. The number of methoxy groups -OCH3 is 1. The Labute approximate surface area is 91.4 Å². The summed E-state index contributed by atoms with van der Waals surface area (Å²) >= 11 is 2.73. The fraction of sp³-hybridized carbons (Fsp3) is 0.250. The number of hydrogen-bond acceptors (Lipinski definition) is 3. The Balaban J connectivity index is 3.25. The van der Waals surface area contributed by atoms with E-state index in [1.54, 1.807) is 0 Å². The van der Waals surface area contributed by atoms with Gasteiger partial charge in [0.15, 0.2) is 5.69 Å². The molecule has 0 saturated heterocycles. The van der Waals surface area contributed by atoms with Crippen LogP contribution in [0.5, 0.6) is 0 Å². The SMILES string of the molecule is COC(=O)c1cc(Br)c(C(F)F)c(F)n1. The lowest BCUT2D eigenvalue weighted by molar-refractivity contribution is 0.0591. The van der Waals surface area contributed by atoms with E-state index in [-0.39, 0.29) is 10.2 Å². The summed E-state index contributed by atoms with van der Waals surface area (Å²) in [6.45, 7) is 0. The van der Waals surface area contributed by atoms with Gasteiger partial charge < -0.3 is 4.74 Å². The summed E-state index contributed by atoms with van der Waals surface area (Å²) in [5.74, 6) is -2.28. The molecule has 0 aliphatic heterocycles. The standard InChI is InChI=1S/C8H5BrF3NO2/c1-15-8(14)4-2-3(9)5(6(10)11)7(12)13-4/h2,6H,1H3. The van der Waals surface area contributed by atoms with Crippen molar-refractivity contribution in [2.75, 3.05) is 7.11 Å². The fourth-order valence-corrected chi connectivity index (χ4v) is 1.45. The van der Waals surface area contributed by atoms with Crippen LogP contribution in [0.2, 0.25) is 0 Å². The largest absolute Gasteiger partial charge is 0.464 e. The molecule has 1 aromatic heterocycles. The predicted octanol–water partition coefficient (Wildman–Crippen LogP) is 2.71. The monoisotopic (exact) mass is 283 g/mol. The van der Waals surface area contributed by atoms with Gasteiger partial charge in [0.2, 0.25) is 5.95 Å². The first-order valence-corrected chi connectivity index (χ1v) is 4.49. The van der Waals surface area contributed by atoms with Crippen LogP contribution in [0.25, 0.3) is 0 Å². The molecule has 0 spiro atoms. The van der Waals surface area contributed by atoms with Crippen molar-refractivity contribution in [3.63, 3.8) is 0 Å². The number of hydrogen-bond donors (Lipinski definition) is 0. The van der Waals surface area contributed by atoms with E-state index in [1.165, 1.54) is 0 Å². The molecule has 0 N–H and O–H groups in total. The molecule has 3 nitrogen and oxygen atoms in total. The van der Waals surface area contributed by atoms with Crippen LogP contribution in [0.15, 0.2) is 10.5 Å². The second-order valence-electron chi connectivity index (χ2n) is 2.49. The Hall–Kier alpha value is -1.11. The van der Waals surface area contributed by atoms with Crippen LogP contribution in [-0.4, -0.2) is 18.1 Å². The molecule has 1 heterocycles. The molecule has 0 atom stereocenters. The van der Waals surface area contributed by atoms with Gasteiger partial charge in [-0.05, 0) is 6.07 Å². The number of aromatic nitrogens is 1. The highest BCUT2D eigenvalue weighted by Gasteiger charge is 2.21. The maximum atomic E-state index is 13.0. The number of halogens is 4. The quantitative estimate of drug-likeness (QED) is 0.619. The van der Waals surface area contributed by atoms with Gasteiger partial charge in [-0.3, -0.25) is 0 Å². The summed E-state index contributed by atoms with van der Waals surface area (Å²) in [6, 6.07) is 0.983. The van der Waals surface area contributed by atoms with Gasteiger partial charge in [-0.1, -0.05) is 15.9 Å². The molecular weight excluding hydrogens is 279 g/mol. The Morgan fingerprint density at radius 1 is 1.60 bits per heavy atom. The second kappa shape index (κ2) is 4.61. The van der Waals surface area contributed by atoms with Gasteiger partial charge in [0.05, 0.1) is 12.7 Å². The molecule has 0 aliphatic rings. The zero-order valence-electron chi connectivity index (χ0n) is 7.43. The van der Waals surface area contributed by atoms with E-state index in [0.717, 1.165) is 13.2 Å². The highest BCUT2D eigenvalue weighted by atomic mass is 79.9. The van der Waals surface area contributed by atoms with Gasteiger partial charge in [0.1, 0.15) is 0 Å². The highest BCUT2D eigenvalue weighted by Crippen LogP contribution is 2.29. The second-order valence-corrected chi connectivity index (χ2v) is 3.34. The first-order valence-electron chi connectivity index (χ1n) is 3.69. The van der Waals surface area contributed by atoms with Crippen LogP contribution in [-0.2, 0) is 4.74 Å². The molecule has 0 fully saturated rings. The molecular formula is C8H5BrF3NO2. The third kappa shape index (κ3) is 2.47. The van der Waals surface area contributed by atoms with Crippen molar-refractivity contribution < 1.29 is 22.7 Å². The molecule has 0 bridgehead atoms. The van der Waals surface area contributed by atoms with E-state index >= 15 is 0 Å². The molecule has 0 unspecified atom stereocenters. The molecule has 0 aromatic carbocycles. The number of pyridine rings is 1. The number of alkyl halides is 2. The maximum absolute atomic E-state index is 13.0. The van der Waals surface area contributed by atoms with Crippen LogP contribution in [0.1, 0.15) is 22.5 Å². The molecule has 0 aliphatic carbocycles.